The summed E-state index contributed by atoms with van der Waals surface area (Å²) in [5.74, 6) is 0.974. The molecule has 0 saturated carbocycles. The van der Waals surface area contributed by atoms with Crippen molar-refractivity contribution in [2.45, 2.75) is 12.8 Å². The molecule has 1 aromatic heterocycles. The SMILES string of the molecule is Cc1ccc(NC(=O)NC[C@H]2CN(C)C[C@@H]2c2cccs2)cc1. The Morgan fingerprint density at radius 1 is 1.26 bits per heavy atom. The van der Waals surface area contributed by atoms with Gasteiger partial charge < -0.3 is 15.5 Å². The van der Waals surface area contributed by atoms with Crippen molar-refractivity contribution in [3.05, 3.63) is 52.2 Å². The second kappa shape index (κ2) is 7.15. The third-order valence-electron chi connectivity index (χ3n) is 4.37. The number of nitrogens with zero attached hydrogens (tertiary/aromatic N) is 1. The lowest BCUT2D eigenvalue weighted by atomic mass is 9.94. The fourth-order valence-corrected chi connectivity index (χ4v) is 4.07. The summed E-state index contributed by atoms with van der Waals surface area (Å²) in [6.45, 7) is 4.82. The van der Waals surface area contributed by atoms with E-state index >= 15 is 0 Å². The van der Waals surface area contributed by atoms with Crippen molar-refractivity contribution in [3.63, 3.8) is 0 Å². The van der Waals surface area contributed by atoms with Gasteiger partial charge in [-0.25, -0.2) is 4.79 Å². The summed E-state index contributed by atoms with van der Waals surface area (Å²) >= 11 is 1.81. The minimum absolute atomic E-state index is 0.131. The number of carbonyl (C=O) groups excluding carboxylic acids is 1. The first-order valence-corrected chi connectivity index (χ1v) is 8.83. The van der Waals surface area contributed by atoms with Crippen LogP contribution in [0.25, 0.3) is 0 Å². The lowest BCUT2D eigenvalue weighted by Crippen LogP contribution is -2.35. The van der Waals surface area contributed by atoms with Gasteiger partial charge in [0.25, 0.3) is 0 Å². The highest BCUT2D eigenvalue weighted by atomic mass is 32.1. The van der Waals surface area contributed by atoms with Crippen LogP contribution in [0.3, 0.4) is 0 Å². The molecule has 1 fully saturated rings. The van der Waals surface area contributed by atoms with Gasteiger partial charge in [-0.05, 0) is 43.5 Å². The van der Waals surface area contributed by atoms with Gasteiger partial charge in [-0.15, -0.1) is 11.3 Å². The number of hydrogen-bond donors (Lipinski definition) is 2. The van der Waals surface area contributed by atoms with Crippen molar-refractivity contribution in [1.29, 1.82) is 0 Å². The average Bonchev–Trinajstić information content (AvgIpc) is 3.16. The number of amides is 2. The smallest absolute Gasteiger partial charge is 0.319 e. The molecule has 5 heteroatoms. The van der Waals surface area contributed by atoms with E-state index in [4.69, 9.17) is 0 Å². The first-order valence-electron chi connectivity index (χ1n) is 7.95. The van der Waals surface area contributed by atoms with Crippen molar-refractivity contribution in [3.8, 4) is 0 Å². The summed E-state index contributed by atoms with van der Waals surface area (Å²) in [7, 11) is 2.15. The molecule has 1 aromatic carbocycles. The quantitative estimate of drug-likeness (QED) is 0.901. The fraction of sp³-hybridized carbons (Fsp3) is 0.389. The van der Waals surface area contributed by atoms with Crippen molar-refractivity contribution in [2.75, 3.05) is 32.0 Å². The molecule has 4 nitrogen and oxygen atoms in total. The van der Waals surface area contributed by atoms with Gasteiger partial charge in [0.2, 0.25) is 0 Å². The van der Waals surface area contributed by atoms with E-state index in [1.54, 1.807) is 0 Å². The standard InChI is InChI=1S/C18H23N3OS/c1-13-5-7-15(8-6-13)20-18(22)19-10-14-11-21(2)12-16(14)17-4-3-9-23-17/h3-9,14,16H,10-12H2,1-2H3,(H2,19,20,22)/t14-,16-/m0/s1. The van der Waals surface area contributed by atoms with Gasteiger partial charge in [-0.2, -0.15) is 0 Å². The number of aryl methyl sites for hydroxylation is 1. The zero-order valence-corrected chi connectivity index (χ0v) is 14.4. The van der Waals surface area contributed by atoms with E-state index in [1.807, 2.05) is 42.5 Å². The maximum absolute atomic E-state index is 12.1. The van der Waals surface area contributed by atoms with Crippen LogP contribution in [-0.2, 0) is 0 Å². The van der Waals surface area contributed by atoms with Crippen LogP contribution in [0.1, 0.15) is 16.4 Å². The number of likely N-dealkylation sites (N-methyl/N-ethyl adjacent to an activating group) is 1. The number of benzene rings is 1. The Labute approximate surface area is 141 Å². The lowest BCUT2D eigenvalue weighted by molar-refractivity contribution is 0.249. The van der Waals surface area contributed by atoms with Crippen molar-refractivity contribution in [1.82, 2.24) is 10.2 Å². The third kappa shape index (κ3) is 4.12. The fourth-order valence-electron chi connectivity index (χ4n) is 3.15. The Kier molecular flexibility index (Phi) is 4.98. The van der Waals surface area contributed by atoms with Crippen LogP contribution in [0.5, 0.6) is 0 Å². The summed E-state index contributed by atoms with van der Waals surface area (Å²) in [5.41, 5.74) is 2.01. The molecule has 0 spiro atoms. The molecular formula is C18H23N3OS. The number of rotatable bonds is 4. The first kappa shape index (κ1) is 16.0. The number of nitrogens with one attached hydrogen (secondary N) is 2. The third-order valence-corrected chi connectivity index (χ3v) is 5.37. The number of anilines is 1. The Hall–Kier alpha value is -1.85. The molecule has 2 atom stereocenters. The number of urea groups is 1. The minimum atomic E-state index is -0.131. The number of thiophene rings is 1. The van der Waals surface area contributed by atoms with Crippen LogP contribution in [-0.4, -0.2) is 37.6 Å². The predicted molar refractivity (Wildman–Crippen MR) is 96.2 cm³/mol. The first-order chi connectivity index (χ1) is 11.1. The van der Waals surface area contributed by atoms with Gasteiger partial charge in [0.05, 0.1) is 0 Å². The molecule has 1 saturated heterocycles. The molecule has 0 aliphatic carbocycles. The van der Waals surface area contributed by atoms with Gasteiger partial charge in [-0.1, -0.05) is 23.8 Å². The molecule has 0 unspecified atom stereocenters. The Morgan fingerprint density at radius 3 is 2.74 bits per heavy atom. The van der Waals surface area contributed by atoms with E-state index in [0.717, 1.165) is 18.8 Å². The van der Waals surface area contributed by atoms with E-state index in [2.05, 4.69) is 40.1 Å². The van der Waals surface area contributed by atoms with E-state index in [0.29, 0.717) is 18.4 Å². The van der Waals surface area contributed by atoms with E-state index in [-0.39, 0.29) is 6.03 Å². The van der Waals surface area contributed by atoms with Crippen LogP contribution in [0.15, 0.2) is 41.8 Å². The monoisotopic (exact) mass is 329 g/mol. The Morgan fingerprint density at radius 2 is 2.04 bits per heavy atom. The molecule has 2 amide bonds. The Bertz CT molecular complexity index is 639. The second-order valence-electron chi connectivity index (χ2n) is 6.30. The molecular weight excluding hydrogens is 306 g/mol. The van der Waals surface area contributed by atoms with E-state index in [1.165, 1.54) is 10.4 Å². The number of hydrogen-bond acceptors (Lipinski definition) is 3. The largest absolute Gasteiger partial charge is 0.338 e. The molecule has 122 valence electrons. The molecule has 2 heterocycles. The van der Waals surface area contributed by atoms with Crippen molar-refractivity contribution < 1.29 is 4.79 Å². The summed E-state index contributed by atoms with van der Waals surface area (Å²) in [4.78, 5) is 15.9. The van der Waals surface area contributed by atoms with Crippen LogP contribution in [0.4, 0.5) is 10.5 Å². The summed E-state index contributed by atoms with van der Waals surface area (Å²) in [6, 6.07) is 12.0. The highest BCUT2D eigenvalue weighted by Crippen LogP contribution is 2.34. The summed E-state index contributed by atoms with van der Waals surface area (Å²) in [5, 5.41) is 8.05. The zero-order chi connectivity index (χ0) is 16.2. The zero-order valence-electron chi connectivity index (χ0n) is 13.6. The molecule has 2 N–H and O–H groups in total. The molecule has 1 aliphatic rings. The topological polar surface area (TPSA) is 44.4 Å². The molecule has 2 aromatic rings. The molecule has 0 bridgehead atoms. The summed E-state index contributed by atoms with van der Waals surface area (Å²) in [6.07, 6.45) is 0. The van der Waals surface area contributed by atoms with E-state index in [9.17, 15) is 4.79 Å². The van der Waals surface area contributed by atoms with Gasteiger partial charge in [0.15, 0.2) is 0 Å². The van der Waals surface area contributed by atoms with Crippen molar-refractivity contribution in [2.24, 2.45) is 5.92 Å². The van der Waals surface area contributed by atoms with Crippen LogP contribution >= 0.6 is 11.3 Å². The van der Waals surface area contributed by atoms with Crippen LogP contribution < -0.4 is 10.6 Å². The second-order valence-corrected chi connectivity index (χ2v) is 7.28. The van der Waals surface area contributed by atoms with Gasteiger partial charge in [-0.3, -0.25) is 0 Å². The predicted octanol–water partition coefficient (Wildman–Crippen LogP) is 3.52. The highest BCUT2D eigenvalue weighted by molar-refractivity contribution is 7.10. The van der Waals surface area contributed by atoms with Gasteiger partial charge >= 0.3 is 6.03 Å². The number of carbonyl (C=O) groups is 1. The molecule has 3 rings (SSSR count). The average molecular weight is 329 g/mol. The van der Waals surface area contributed by atoms with Crippen LogP contribution in [0, 0.1) is 12.8 Å². The number of likely N-dealkylation sites (tertiary alicyclic amines) is 1. The molecule has 0 radical (unpaired) electrons. The minimum Gasteiger partial charge on any atom is -0.338 e. The van der Waals surface area contributed by atoms with E-state index < -0.39 is 0 Å². The molecule has 1 aliphatic heterocycles. The normalized spacial score (nSPS) is 21.3. The Balaban J connectivity index is 1.54. The van der Waals surface area contributed by atoms with Crippen LogP contribution in [0.2, 0.25) is 0 Å². The lowest BCUT2D eigenvalue weighted by Gasteiger charge is -2.18. The summed E-state index contributed by atoms with van der Waals surface area (Å²) < 4.78 is 0. The van der Waals surface area contributed by atoms with Crippen molar-refractivity contribution >= 4 is 23.1 Å². The maximum Gasteiger partial charge on any atom is 0.319 e. The molecule has 23 heavy (non-hydrogen) atoms. The maximum atomic E-state index is 12.1. The van der Waals surface area contributed by atoms with Gasteiger partial charge in [0.1, 0.15) is 0 Å². The van der Waals surface area contributed by atoms with Gasteiger partial charge in [0, 0.05) is 36.1 Å². The highest BCUT2D eigenvalue weighted by Gasteiger charge is 2.32.